The van der Waals surface area contributed by atoms with Gasteiger partial charge in [0, 0.05) is 6.20 Å². The number of aromatic nitrogens is 2. The maximum Gasteiger partial charge on any atom is 0.233 e. The molecule has 0 saturated heterocycles. The first-order valence-electron chi connectivity index (χ1n) is 5.63. The Morgan fingerprint density at radius 3 is 2.82 bits per heavy atom. The summed E-state index contributed by atoms with van der Waals surface area (Å²) in [4.78, 5) is 0. The number of anilines is 1. The van der Waals surface area contributed by atoms with Crippen LogP contribution in [0.3, 0.4) is 0 Å². The molecule has 1 aromatic heterocycles. The zero-order chi connectivity index (χ0) is 12.6. The third-order valence-corrected chi connectivity index (χ3v) is 3.45. The van der Waals surface area contributed by atoms with E-state index < -0.39 is 10.0 Å². The lowest BCUT2D eigenvalue weighted by molar-refractivity contribution is 0.593. The van der Waals surface area contributed by atoms with Crippen molar-refractivity contribution in [2.45, 2.75) is 19.8 Å². The molecule has 0 aliphatic carbocycles. The highest BCUT2D eigenvalue weighted by atomic mass is 32.2. The number of hydrogen-bond donors (Lipinski definition) is 2. The van der Waals surface area contributed by atoms with Crippen LogP contribution in [0.5, 0.6) is 0 Å². The van der Waals surface area contributed by atoms with Crippen LogP contribution in [0.2, 0.25) is 0 Å². The Balaban J connectivity index is 2.32. The fraction of sp³-hybridized carbons (Fsp3) is 0.600. The van der Waals surface area contributed by atoms with Crippen molar-refractivity contribution in [2.75, 3.05) is 23.6 Å². The summed E-state index contributed by atoms with van der Waals surface area (Å²) in [5.41, 5.74) is 0. The lowest BCUT2D eigenvalue weighted by atomic mass is 10.3. The Morgan fingerprint density at radius 2 is 2.18 bits per heavy atom. The zero-order valence-corrected chi connectivity index (χ0v) is 10.7. The molecule has 7 heteroatoms. The second-order valence-electron chi connectivity index (χ2n) is 3.59. The summed E-state index contributed by atoms with van der Waals surface area (Å²) in [6.07, 6.45) is 2.96. The standard InChI is InChI=1S/C10H18N4O2S/c1-2-11-7-3-4-9-17(15,16)14-10-6-5-8-12-13-10/h5-6,8,11H,2-4,7,9H2,1H3,(H,13,14). The fourth-order valence-corrected chi connectivity index (χ4v) is 2.40. The van der Waals surface area contributed by atoms with Crippen molar-refractivity contribution in [3.63, 3.8) is 0 Å². The van der Waals surface area contributed by atoms with Crippen molar-refractivity contribution in [1.29, 1.82) is 0 Å². The predicted octanol–water partition coefficient (Wildman–Crippen LogP) is 0.608. The molecule has 0 amide bonds. The largest absolute Gasteiger partial charge is 0.317 e. The lowest BCUT2D eigenvalue weighted by Crippen LogP contribution is -2.19. The molecule has 6 nitrogen and oxygen atoms in total. The summed E-state index contributed by atoms with van der Waals surface area (Å²) in [6, 6.07) is 3.21. The van der Waals surface area contributed by atoms with Gasteiger partial charge in [-0.2, -0.15) is 5.10 Å². The van der Waals surface area contributed by atoms with Gasteiger partial charge in [0.2, 0.25) is 10.0 Å². The maximum atomic E-state index is 11.6. The van der Waals surface area contributed by atoms with Gasteiger partial charge < -0.3 is 5.32 Å². The molecule has 1 aromatic rings. The average Bonchev–Trinajstić information content (AvgIpc) is 2.29. The van der Waals surface area contributed by atoms with Crippen LogP contribution >= 0.6 is 0 Å². The van der Waals surface area contributed by atoms with E-state index >= 15 is 0 Å². The van der Waals surface area contributed by atoms with E-state index in [1.165, 1.54) is 6.20 Å². The van der Waals surface area contributed by atoms with Crippen molar-refractivity contribution in [3.05, 3.63) is 18.3 Å². The topological polar surface area (TPSA) is 84.0 Å². The van der Waals surface area contributed by atoms with Gasteiger partial charge in [-0.25, -0.2) is 8.42 Å². The van der Waals surface area contributed by atoms with E-state index in [1.54, 1.807) is 12.1 Å². The Hall–Kier alpha value is -1.21. The van der Waals surface area contributed by atoms with Crippen molar-refractivity contribution in [3.8, 4) is 0 Å². The number of nitrogens with zero attached hydrogens (tertiary/aromatic N) is 2. The van der Waals surface area contributed by atoms with Gasteiger partial charge in [0.1, 0.15) is 0 Å². The molecule has 0 spiro atoms. The number of rotatable bonds is 8. The summed E-state index contributed by atoms with van der Waals surface area (Å²) in [6.45, 7) is 3.77. The maximum absolute atomic E-state index is 11.6. The monoisotopic (exact) mass is 258 g/mol. The number of hydrogen-bond acceptors (Lipinski definition) is 5. The summed E-state index contributed by atoms with van der Waals surface area (Å²) in [5.74, 6) is 0.369. The minimum atomic E-state index is -3.30. The second-order valence-corrected chi connectivity index (χ2v) is 5.43. The van der Waals surface area contributed by atoms with Crippen molar-refractivity contribution in [2.24, 2.45) is 0 Å². The van der Waals surface area contributed by atoms with Gasteiger partial charge in [0.15, 0.2) is 5.82 Å². The molecule has 0 atom stereocenters. The smallest absolute Gasteiger partial charge is 0.233 e. The molecule has 1 rings (SSSR count). The van der Waals surface area contributed by atoms with Gasteiger partial charge >= 0.3 is 0 Å². The van der Waals surface area contributed by atoms with Gasteiger partial charge in [0.25, 0.3) is 0 Å². The number of nitrogens with one attached hydrogen (secondary N) is 2. The van der Waals surface area contributed by atoms with Crippen LogP contribution in [0.15, 0.2) is 18.3 Å². The molecule has 0 unspecified atom stereocenters. The van der Waals surface area contributed by atoms with Gasteiger partial charge in [-0.1, -0.05) is 6.92 Å². The van der Waals surface area contributed by atoms with Crippen LogP contribution in [0.1, 0.15) is 19.8 Å². The quantitative estimate of drug-likeness (QED) is 0.667. The SMILES string of the molecule is CCNCCCCS(=O)(=O)Nc1cccnn1. The van der Waals surface area contributed by atoms with Gasteiger partial charge in [-0.3, -0.25) is 4.72 Å². The van der Waals surface area contributed by atoms with E-state index in [-0.39, 0.29) is 11.6 Å². The van der Waals surface area contributed by atoms with Crippen LogP contribution in [0, 0.1) is 0 Å². The second kappa shape index (κ2) is 7.18. The summed E-state index contributed by atoms with van der Waals surface area (Å²) in [7, 11) is -3.30. The molecule has 0 aliphatic heterocycles. The number of sulfonamides is 1. The van der Waals surface area contributed by atoms with Crippen LogP contribution in [0.25, 0.3) is 0 Å². The zero-order valence-electron chi connectivity index (χ0n) is 9.89. The molecule has 1 heterocycles. The molecule has 2 N–H and O–H groups in total. The van der Waals surface area contributed by atoms with Gasteiger partial charge in [-0.15, -0.1) is 5.10 Å². The Bertz CT molecular complexity index is 408. The van der Waals surface area contributed by atoms with Crippen LogP contribution in [-0.4, -0.2) is 37.5 Å². The predicted molar refractivity (Wildman–Crippen MR) is 67.2 cm³/mol. The lowest BCUT2D eigenvalue weighted by Gasteiger charge is -2.06. The Morgan fingerprint density at radius 1 is 1.35 bits per heavy atom. The third kappa shape index (κ3) is 6.18. The molecule has 96 valence electrons. The third-order valence-electron chi connectivity index (χ3n) is 2.10. The molecule has 0 aromatic carbocycles. The molecule has 0 fully saturated rings. The summed E-state index contributed by atoms with van der Waals surface area (Å²) >= 11 is 0. The van der Waals surface area contributed by atoms with Crippen molar-refractivity contribution >= 4 is 15.8 Å². The van der Waals surface area contributed by atoms with E-state index in [0.717, 1.165) is 19.5 Å². The highest BCUT2D eigenvalue weighted by Crippen LogP contribution is 2.04. The molecule has 0 aliphatic rings. The Kier molecular flexibility index (Phi) is 5.85. The number of unbranched alkanes of at least 4 members (excludes halogenated alkanes) is 1. The summed E-state index contributed by atoms with van der Waals surface area (Å²) < 4.78 is 25.7. The molecule has 0 saturated carbocycles. The van der Waals surface area contributed by atoms with Gasteiger partial charge in [0.05, 0.1) is 5.75 Å². The average molecular weight is 258 g/mol. The van der Waals surface area contributed by atoms with Crippen LogP contribution in [-0.2, 0) is 10.0 Å². The molecular weight excluding hydrogens is 240 g/mol. The molecular formula is C10H18N4O2S. The van der Waals surface area contributed by atoms with E-state index in [2.05, 4.69) is 20.2 Å². The highest BCUT2D eigenvalue weighted by molar-refractivity contribution is 7.92. The molecule has 17 heavy (non-hydrogen) atoms. The first kappa shape index (κ1) is 13.9. The van der Waals surface area contributed by atoms with Crippen LogP contribution in [0.4, 0.5) is 5.82 Å². The molecule has 0 bridgehead atoms. The van der Waals surface area contributed by atoms with E-state index in [9.17, 15) is 8.42 Å². The minimum absolute atomic E-state index is 0.106. The first-order chi connectivity index (χ1) is 8.14. The van der Waals surface area contributed by atoms with Crippen molar-refractivity contribution < 1.29 is 8.42 Å². The van der Waals surface area contributed by atoms with E-state index in [0.29, 0.717) is 6.42 Å². The highest BCUT2D eigenvalue weighted by Gasteiger charge is 2.10. The fourth-order valence-electron chi connectivity index (χ4n) is 1.29. The van der Waals surface area contributed by atoms with Gasteiger partial charge in [-0.05, 0) is 38.1 Å². The first-order valence-corrected chi connectivity index (χ1v) is 7.28. The summed E-state index contributed by atoms with van der Waals surface area (Å²) in [5, 5.41) is 10.4. The normalized spacial score (nSPS) is 11.4. The minimum Gasteiger partial charge on any atom is -0.317 e. The molecule has 0 radical (unpaired) electrons. The Labute approximate surface area is 102 Å². The van der Waals surface area contributed by atoms with E-state index in [1.807, 2.05) is 6.92 Å². The van der Waals surface area contributed by atoms with Crippen LogP contribution < -0.4 is 10.0 Å². The van der Waals surface area contributed by atoms with Crippen molar-refractivity contribution in [1.82, 2.24) is 15.5 Å². The van der Waals surface area contributed by atoms with E-state index in [4.69, 9.17) is 0 Å².